The number of nitrogens with zero attached hydrogens (tertiary/aromatic N) is 4. The summed E-state index contributed by atoms with van der Waals surface area (Å²) >= 11 is 0. The number of rotatable bonds is 4. The van der Waals surface area contributed by atoms with Gasteiger partial charge in [-0.15, -0.1) is 0 Å². The minimum absolute atomic E-state index is 0.114. The Hall–Kier alpha value is -3.87. The number of carbonyl (C=O) groups is 1. The Kier molecular flexibility index (Phi) is 4.78. The van der Waals surface area contributed by atoms with Gasteiger partial charge < -0.3 is 18.6 Å². The summed E-state index contributed by atoms with van der Waals surface area (Å²) in [5, 5.41) is 0. The van der Waals surface area contributed by atoms with Crippen molar-refractivity contribution in [1.82, 2.24) is 19.4 Å². The summed E-state index contributed by atoms with van der Waals surface area (Å²) in [5.74, 6) is 2.58. The maximum atomic E-state index is 13.1. The molecule has 0 fully saturated rings. The van der Waals surface area contributed by atoms with E-state index in [4.69, 9.17) is 14.1 Å². The Balaban J connectivity index is 1.37. The molecule has 0 atom stereocenters. The van der Waals surface area contributed by atoms with Gasteiger partial charge in [0.15, 0.2) is 5.76 Å². The van der Waals surface area contributed by atoms with Crippen molar-refractivity contribution in [1.29, 1.82) is 0 Å². The lowest BCUT2D eigenvalue weighted by atomic mass is 10.2. The number of ether oxygens (including phenoxy) is 1. The van der Waals surface area contributed by atoms with Crippen LogP contribution in [-0.4, -0.2) is 39.0 Å². The SMILES string of the molecule is COc1ccc(-c2ccc(C(=O)N3CCn4c(-c5ccncc5)nc(C)c4C3)o2)cc1. The molecule has 0 aliphatic carbocycles. The largest absolute Gasteiger partial charge is 0.497 e. The van der Waals surface area contributed by atoms with Crippen molar-refractivity contribution in [3.05, 3.63) is 78.1 Å². The van der Waals surface area contributed by atoms with E-state index >= 15 is 0 Å². The van der Waals surface area contributed by atoms with Gasteiger partial charge in [-0.2, -0.15) is 0 Å². The Morgan fingerprint density at radius 3 is 2.52 bits per heavy atom. The summed E-state index contributed by atoms with van der Waals surface area (Å²) in [7, 11) is 1.63. The molecule has 4 aromatic rings. The zero-order valence-electron chi connectivity index (χ0n) is 17.4. The molecule has 31 heavy (non-hydrogen) atoms. The summed E-state index contributed by atoms with van der Waals surface area (Å²) in [6, 6.07) is 15.0. The maximum absolute atomic E-state index is 13.1. The second kappa shape index (κ2) is 7.75. The van der Waals surface area contributed by atoms with E-state index in [-0.39, 0.29) is 5.91 Å². The fourth-order valence-corrected chi connectivity index (χ4v) is 3.94. The van der Waals surface area contributed by atoms with Crippen molar-refractivity contribution < 1.29 is 13.9 Å². The number of hydrogen-bond acceptors (Lipinski definition) is 5. The number of methoxy groups -OCH3 is 1. The number of pyridine rings is 1. The predicted molar refractivity (Wildman–Crippen MR) is 116 cm³/mol. The van der Waals surface area contributed by atoms with Crippen LogP contribution in [0.25, 0.3) is 22.7 Å². The van der Waals surface area contributed by atoms with Crippen molar-refractivity contribution in [3.63, 3.8) is 0 Å². The van der Waals surface area contributed by atoms with Gasteiger partial charge in [0.1, 0.15) is 17.3 Å². The monoisotopic (exact) mass is 414 g/mol. The molecule has 0 saturated heterocycles. The summed E-state index contributed by atoms with van der Waals surface area (Å²) in [4.78, 5) is 23.8. The van der Waals surface area contributed by atoms with Crippen LogP contribution in [0.15, 0.2) is 65.3 Å². The first-order valence-electron chi connectivity index (χ1n) is 10.1. The maximum Gasteiger partial charge on any atom is 0.289 e. The fraction of sp³-hybridized carbons (Fsp3) is 0.208. The molecule has 4 heterocycles. The number of aromatic nitrogens is 3. The van der Waals surface area contributed by atoms with E-state index in [1.165, 1.54) is 0 Å². The topological polar surface area (TPSA) is 73.4 Å². The zero-order chi connectivity index (χ0) is 21.4. The molecule has 7 heteroatoms. The third-order valence-electron chi connectivity index (χ3n) is 5.62. The van der Waals surface area contributed by atoms with Crippen LogP contribution in [0.5, 0.6) is 5.75 Å². The Morgan fingerprint density at radius 1 is 1.00 bits per heavy atom. The second-order valence-corrected chi connectivity index (χ2v) is 7.47. The number of benzene rings is 1. The molecule has 0 unspecified atom stereocenters. The number of aryl methyl sites for hydroxylation is 1. The van der Waals surface area contributed by atoms with E-state index in [9.17, 15) is 4.79 Å². The van der Waals surface area contributed by atoms with Crippen molar-refractivity contribution in [2.45, 2.75) is 20.0 Å². The number of hydrogen-bond donors (Lipinski definition) is 0. The first kappa shape index (κ1) is 19.1. The standard InChI is InChI=1S/C24H22N4O3/c1-16-20-15-27(13-14-28(20)23(26-16)18-9-11-25-12-10-18)24(29)22-8-7-21(31-22)17-3-5-19(30-2)6-4-17/h3-12H,13-15H2,1-2H3. The highest BCUT2D eigenvalue weighted by Gasteiger charge is 2.28. The number of amides is 1. The van der Waals surface area contributed by atoms with E-state index in [1.54, 1.807) is 25.6 Å². The van der Waals surface area contributed by atoms with Crippen LogP contribution in [0.4, 0.5) is 0 Å². The normalized spacial score (nSPS) is 13.2. The van der Waals surface area contributed by atoms with E-state index in [1.807, 2.05) is 54.3 Å². The number of carbonyl (C=O) groups excluding carboxylic acids is 1. The van der Waals surface area contributed by atoms with Crippen LogP contribution in [-0.2, 0) is 13.1 Å². The van der Waals surface area contributed by atoms with Gasteiger partial charge in [-0.3, -0.25) is 9.78 Å². The van der Waals surface area contributed by atoms with Crippen LogP contribution >= 0.6 is 0 Å². The van der Waals surface area contributed by atoms with Crippen molar-refractivity contribution in [2.24, 2.45) is 0 Å². The quantitative estimate of drug-likeness (QED) is 0.501. The van der Waals surface area contributed by atoms with Crippen LogP contribution in [0.3, 0.4) is 0 Å². The van der Waals surface area contributed by atoms with Gasteiger partial charge in [0.05, 0.1) is 25.0 Å². The molecule has 0 bridgehead atoms. The highest BCUT2D eigenvalue weighted by atomic mass is 16.5. The van der Waals surface area contributed by atoms with Crippen molar-refractivity contribution >= 4 is 5.91 Å². The molecule has 7 nitrogen and oxygen atoms in total. The summed E-state index contributed by atoms with van der Waals surface area (Å²) in [6.45, 7) is 3.77. The van der Waals surface area contributed by atoms with Gasteiger partial charge in [0, 0.05) is 36.6 Å². The van der Waals surface area contributed by atoms with E-state index in [0.29, 0.717) is 31.2 Å². The lowest BCUT2D eigenvalue weighted by Crippen LogP contribution is -2.38. The van der Waals surface area contributed by atoms with Gasteiger partial charge in [0.2, 0.25) is 0 Å². The van der Waals surface area contributed by atoms with Gasteiger partial charge in [-0.25, -0.2) is 4.98 Å². The summed E-state index contributed by atoms with van der Waals surface area (Å²) in [6.07, 6.45) is 3.53. The smallest absolute Gasteiger partial charge is 0.289 e. The Bertz CT molecular complexity index is 1230. The molecule has 5 rings (SSSR count). The Labute approximate surface area is 179 Å². The van der Waals surface area contributed by atoms with Crippen molar-refractivity contribution in [2.75, 3.05) is 13.7 Å². The highest BCUT2D eigenvalue weighted by Crippen LogP contribution is 2.28. The van der Waals surface area contributed by atoms with Gasteiger partial charge in [0.25, 0.3) is 5.91 Å². The van der Waals surface area contributed by atoms with Crippen LogP contribution in [0.2, 0.25) is 0 Å². The molecule has 1 aliphatic rings. The average molecular weight is 414 g/mol. The number of furan rings is 1. The van der Waals surface area contributed by atoms with Gasteiger partial charge in [-0.1, -0.05) is 0 Å². The molecular formula is C24H22N4O3. The Morgan fingerprint density at radius 2 is 1.77 bits per heavy atom. The second-order valence-electron chi connectivity index (χ2n) is 7.47. The van der Waals surface area contributed by atoms with Gasteiger partial charge >= 0.3 is 0 Å². The molecule has 1 amide bonds. The molecule has 1 aromatic carbocycles. The molecular weight excluding hydrogens is 392 g/mol. The molecule has 1 aliphatic heterocycles. The van der Waals surface area contributed by atoms with Gasteiger partial charge in [-0.05, 0) is 55.5 Å². The first-order chi connectivity index (χ1) is 15.1. The molecule has 3 aromatic heterocycles. The van der Waals surface area contributed by atoms with E-state index < -0.39 is 0 Å². The minimum atomic E-state index is -0.114. The van der Waals surface area contributed by atoms with E-state index in [0.717, 1.165) is 34.1 Å². The summed E-state index contributed by atoms with van der Waals surface area (Å²) < 4.78 is 13.3. The lowest BCUT2D eigenvalue weighted by Gasteiger charge is -2.28. The van der Waals surface area contributed by atoms with Crippen LogP contribution in [0, 0.1) is 6.92 Å². The fourth-order valence-electron chi connectivity index (χ4n) is 3.94. The predicted octanol–water partition coefficient (Wildman–Crippen LogP) is 4.18. The number of imidazole rings is 1. The third kappa shape index (κ3) is 3.48. The first-order valence-corrected chi connectivity index (χ1v) is 10.1. The molecule has 0 spiro atoms. The molecule has 0 saturated carbocycles. The molecule has 156 valence electrons. The molecule has 0 radical (unpaired) electrons. The van der Waals surface area contributed by atoms with Crippen LogP contribution in [0.1, 0.15) is 21.9 Å². The highest BCUT2D eigenvalue weighted by molar-refractivity contribution is 5.92. The zero-order valence-corrected chi connectivity index (χ0v) is 17.4. The minimum Gasteiger partial charge on any atom is -0.497 e. The third-order valence-corrected chi connectivity index (χ3v) is 5.62. The lowest BCUT2D eigenvalue weighted by molar-refractivity contribution is 0.0680. The van der Waals surface area contributed by atoms with E-state index in [2.05, 4.69) is 9.55 Å². The summed E-state index contributed by atoms with van der Waals surface area (Å²) in [5.41, 5.74) is 3.91. The van der Waals surface area contributed by atoms with Crippen molar-refractivity contribution in [3.8, 4) is 28.5 Å². The number of fused-ring (bicyclic) bond motifs is 1. The van der Waals surface area contributed by atoms with Crippen LogP contribution < -0.4 is 4.74 Å². The average Bonchev–Trinajstić information content (AvgIpc) is 3.44. The molecule has 0 N–H and O–H groups in total.